The van der Waals surface area contributed by atoms with E-state index in [0.717, 1.165) is 23.7 Å². The first-order valence-electron chi connectivity index (χ1n) is 13.4. The molecule has 0 saturated heterocycles. The molecule has 200 valence electrons. The lowest BCUT2D eigenvalue weighted by molar-refractivity contribution is -0.137. The molecule has 0 aliphatic heterocycles. The molecule has 0 saturated carbocycles. The van der Waals surface area contributed by atoms with Crippen LogP contribution in [-0.4, -0.2) is 33.2 Å². The third-order valence-corrected chi connectivity index (χ3v) is 7.42. The summed E-state index contributed by atoms with van der Waals surface area (Å²) in [4.78, 5) is 22.3. The van der Waals surface area contributed by atoms with Crippen molar-refractivity contribution in [1.29, 1.82) is 0 Å². The molecule has 0 aliphatic rings. The number of carboxylic acids is 2. The summed E-state index contributed by atoms with van der Waals surface area (Å²) in [5.41, 5.74) is 1.06. The number of alkyl halides is 1. The highest BCUT2D eigenvalue weighted by Crippen LogP contribution is 2.26. The van der Waals surface area contributed by atoms with Crippen LogP contribution in [0.2, 0.25) is 0 Å². The van der Waals surface area contributed by atoms with Crippen LogP contribution < -0.4 is 4.74 Å². The molecule has 0 unspecified atom stereocenters. The van der Waals surface area contributed by atoms with Crippen molar-refractivity contribution in [2.75, 3.05) is 11.0 Å². The van der Waals surface area contributed by atoms with Gasteiger partial charge >= 0.3 is 11.9 Å². The zero-order chi connectivity index (χ0) is 25.6. The number of carboxylic acid groups (broad SMARTS) is 2. The van der Waals surface area contributed by atoms with Crippen LogP contribution in [0.4, 0.5) is 0 Å². The molecular weight excluding hydrogens is 559 g/mol. The monoisotopic (exact) mass is 604 g/mol. The van der Waals surface area contributed by atoms with E-state index < -0.39 is 33.1 Å². The molecule has 7 heteroatoms. The first kappa shape index (κ1) is 31.5. The van der Waals surface area contributed by atoms with E-state index in [1.165, 1.54) is 83.5 Å². The van der Waals surface area contributed by atoms with Gasteiger partial charge in [0.25, 0.3) is 0 Å². The van der Waals surface area contributed by atoms with E-state index in [-0.39, 0.29) is 12.8 Å². The number of hydrogen-bond donors (Lipinski definition) is 2. The highest BCUT2D eigenvalue weighted by Gasteiger charge is 2.14. The maximum atomic E-state index is 11.1. The normalized spacial score (nSPS) is 11.0. The van der Waals surface area contributed by atoms with Gasteiger partial charge in [0.1, 0.15) is 26.9 Å². The molecule has 1 rings (SSSR count). The Morgan fingerprint density at radius 2 is 1.00 bits per heavy atom. The highest BCUT2D eigenvalue weighted by molar-refractivity contribution is 14.1. The molecule has 0 amide bonds. The Balaban J connectivity index is 2.02. The van der Waals surface area contributed by atoms with Crippen LogP contribution in [0.5, 0.6) is 5.75 Å². The first-order valence-corrected chi connectivity index (χ1v) is 15.8. The van der Waals surface area contributed by atoms with Gasteiger partial charge in [0.15, 0.2) is 0 Å². The number of rotatable bonds is 24. The van der Waals surface area contributed by atoms with Crippen molar-refractivity contribution in [3.05, 3.63) is 29.3 Å². The number of aliphatic carboxylic acids is 2. The maximum absolute atomic E-state index is 11.1. The minimum Gasteiger partial charge on any atom is -0.493 e. The van der Waals surface area contributed by atoms with Gasteiger partial charge in [0.05, 0.1) is 19.4 Å². The summed E-state index contributed by atoms with van der Waals surface area (Å²) in [5.74, 6) is -1.49. The van der Waals surface area contributed by atoms with Crippen LogP contribution in [-0.2, 0) is 25.5 Å². The topological polar surface area (TPSA) is 101 Å². The number of hydrogen-bond acceptors (Lipinski definition) is 4. The lowest BCUT2D eigenvalue weighted by Gasteiger charge is -2.14. The second-order valence-electron chi connectivity index (χ2n) is 9.35. The molecule has 0 radical (unpaired) electrons. The Labute approximate surface area is 221 Å². The zero-order valence-electron chi connectivity index (χ0n) is 21.3. The van der Waals surface area contributed by atoms with Crippen molar-refractivity contribution in [1.82, 2.24) is 0 Å². The van der Waals surface area contributed by atoms with Gasteiger partial charge in [-0.25, -0.2) is 0 Å². The van der Waals surface area contributed by atoms with Crippen LogP contribution in [0.3, 0.4) is 0 Å². The fraction of sp³-hybridized carbons (Fsp3) is 0.714. The maximum Gasteiger partial charge on any atom is 0.307 e. The summed E-state index contributed by atoms with van der Waals surface area (Å²) in [6, 6.07) is 5.07. The molecule has 0 spiro atoms. The van der Waals surface area contributed by atoms with Gasteiger partial charge in [0.2, 0.25) is 0 Å². The SMILES string of the molecule is O=ICCCCCCCCCCCCCCCCCCOc1c(CC(=O)O)cccc1CC(=O)O. The van der Waals surface area contributed by atoms with Crippen LogP contribution in [0, 0.1) is 0 Å². The number of halogens is 1. The molecule has 1 aromatic carbocycles. The summed E-state index contributed by atoms with van der Waals surface area (Å²) in [6.07, 6.45) is 19.7. The molecule has 0 aliphatic carbocycles. The van der Waals surface area contributed by atoms with E-state index in [0.29, 0.717) is 23.5 Å². The summed E-state index contributed by atoms with van der Waals surface area (Å²) >= 11 is -0.740. The zero-order valence-corrected chi connectivity index (χ0v) is 23.4. The van der Waals surface area contributed by atoms with Gasteiger partial charge in [0, 0.05) is 15.6 Å². The van der Waals surface area contributed by atoms with E-state index in [1.807, 2.05) is 0 Å². The summed E-state index contributed by atoms with van der Waals surface area (Å²) in [6.45, 7) is 0.477. The summed E-state index contributed by atoms with van der Waals surface area (Å²) < 4.78 is 17.3. The largest absolute Gasteiger partial charge is 0.493 e. The molecule has 6 nitrogen and oxygen atoms in total. The van der Waals surface area contributed by atoms with Crippen molar-refractivity contribution >= 4 is 33.1 Å². The smallest absolute Gasteiger partial charge is 0.307 e. The summed E-state index contributed by atoms with van der Waals surface area (Å²) in [7, 11) is 0. The van der Waals surface area contributed by atoms with Crippen molar-refractivity contribution in [3.8, 4) is 5.75 Å². The van der Waals surface area contributed by atoms with Gasteiger partial charge in [-0.05, 0) is 12.8 Å². The predicted octanol–water partition coefficient (Wildman–Crippen LogP) is 7.88. The van der Waals surface area contributed by atoms with E-state index in [1.54, 1.807) is 18.2 Å². The third-order valence-electron chi connectivity index (χ3n) is 6.21. The number of para-hydroxylation sites is 1. The quantitative estimate of drug-likeness (QED) is 0.0708. The Morgan fingerprint density at radius 1 is 0.629 bits per heavy atom. The molecule has 0 bridgehead atoms. The Morgan fingerprint density at radius 3 is 1.37 bits per heavy atom. The summed E-state index contributed by atoms with van der Waals surface area (Å²) in [5, 5.41) is 18.2. The third kappa shape index (κ3) is 17.5. The Hall–Kier alpha value is -1.51. The van der Waals surface area contributed by atoms with Crippen LogP contribution in [0.1, 0.15) is 114 Å². The molecule has 0 fully saturated rings. The predicted molar refractivity (Wildman–Crippen MR) is 148 cm³/mol. The highest BCUT2D eigenvalue weighted by atomic mass is 127. The van der Waals surface area contributed by atoms with Crippen LogP contribution >= 0.6 is 21.2 Å². The van der Waals surface area contributed by atoms with Crippen molar-refractivity contribution < 1.29 is 27.6 Å². The van der Waals surface area contributed by atoms with Gasteiger partial charge in [-0.1, -0.05) is 108 Å². The first-order chi connectivity index (χ1) is 17.0. The number of ether oxygens (including phenoxy) is 1. The fourth-order valence-corrected chi connectivity index (χ4v) is 5.18. The van der Waals surface area contributed by atoms with E-state index in [4.69, 9.17) is 14.9 Å². The van der Waals surface area contributed by atoms with Gasteiger partial charge in [-0.3, -0.25) is 12.7 Å². The molecule has 0 atom stereocenters. The van der Waals surface area contributed by atoms with Gasteiger partial charge in [-0.2, -0.15) is 0 Å². The minimum atomic E-state index is -0.956. The molecule has 2 N–H and O–H groups in total. The van der Waals surface area contributed by atoms with E-state index in [9.17, 15) is 12.7 Å². The van der Waals surface area contributed by atoms with Crippen LogP contribution in [0.25, 0.3) is 0 Å². The van der Waals surface area contributed by atoms with Crippen molar-refractivity contribution in [3.63, 3.8) is 0 Å². The average molecular weight is 605 g/mol. The second kappa shape index (κ2) is 21.7. The average Bonchev–Trinajstić information content (AvgIpc) is 2.81. The second-order valence-corrected chi connectivity index (χ2v) is 11.1. The van der Waals surface area contributed by atoms with Gasteiger partial charge in [-0.15, -0.1) is 0 Å². The number of benzene rings is 1. The van der Waals surface area contributed by atoms with E-state index in [2.05, 4.69) is 0 Å². The molecule has 1 aromatic rings. The van der Waals surface area contributed by atoms with Gasteiger partial charge < -0.3 is 14.9 Å². The molecule has 0 aromatic heterocycles. The van der Waals surface area contributed by atoms with Crippen molar-refractivity contribution in [2.45, 2.75) is 116 Å². The van der Waals surface area contributed by atoms with Crippen molar-refractivity contribution in [2.24, 2.45) is 0 Å². The minimum absolute atomic E-state index is 0.173. The standard InChI is InChI=1S/C28H45IO6/c30-26(31)22-24-18-17-19-25(23-27(32)33)28(24)35-21-16-14-12-10-8-6-4-2-1-3-5-7-9-11-13-15-20-29-34/h17-19H,1-16,20-23H2,(H,30,31)(H,32,33). The molecule has 0 heterocycles. The lowest BCUT2D eigenvalue weighted by atomic mass is 10.0. The Kier molecular flexibility index (Phi) is 19.6. The molecular formula is C28H45IO6. The lowest BCUT2D eigenvalue weighted by Crippen LogP contribution is -2.09. The number of carbonyl (C=O) groups is 2. The van der Waals surface area contributed by atoms with E-state index >= 15 is 0 Å². The van der Waals surface area contributed by atoms with Crippen LogP contribution in [0.15, 0.2) is 18.2 Å². The number of unbranched alkanes of at least 4 members (excludes halogenated alkanes) is 15. The fourth-order valence-electron chi connectivity index (χ4n) is 4.33. The Bertz CT molecular complexity index is 687. The molecule has 35 heavy (non-hydrogen) atoms.